The van der Waals surface area contributed by atoms with Gasteiger partial charge in [0.25, 0.3) is 0 Å². The first-order valence-electron chi connectivity index (χ1n) is 9.31. The molecule has 0 amide bonds. The topological polar surface area (TPSA) is 26.0 Å². The third kappa shape index (κ3) is 3.63. The molecule has 1 nitrogen and oxygen atoms in total. The summed E-state index contributed by atoms with van der Waals surface area (Å²) in [5.41, 5.74) is 13.2. The molecule has 0 aliphatic heterocycles. The van der Waals surface area contributed by atoms with Crippen molar-refractivity contribution in [1.82, 2.24) is 0 Å². The predicted octanol–water partition coefficient (Wildman–Crippen LogP) is 6.36. The number of allylic oxidation sites excluding steroid dienone is 1. The molecule has 0 spiro atoms. The Labute approximate surface area is 160 Å². The van der Waals surface area contributed by atoms with Crippen molar-refractivity contribution in [3.63, 3.8) is 0 Å². The van der Waals surface area contributed by atoms with Crippen LogP contribution in [0.3, 0.4) is 0 Å². The van der Waals surface area contributed by atoms with Crippen LogP contribution in [0.4, 0.5) is 0 Å². The first-order valence-corrected chi connectivity index (χ1v) is 9.31. The van der Waals surface area contributed by atoms with E-state index < -0.39 is 0 Å². The van der Waals surface area contributed by atoms with Gasteiger partial charge in [0.15, 0.2) is 0 Å². The number of rotatable bonds is 4. The first-order chi connectivity index (χ1) is 13.2. The Hall–Kier alpha value is -3.32. The molecule has 0 aromatic heterocycles. The van der Waals surface area contributed by atoms with Gasteiger partial charge in [-0.25, -0.2) is 0 Å². The minimum atomic E-state index is 0.819. The van der Waals surface area contributed by atoms with Crippen molar-refractivity contribution in [1.29, 1.82) is 0 Å². The Balaban J connectivity index is 1.63. The summed E-state index contributed by atoms with van der Waals surface area (Å²) >= 11 is 0. The highest BCUT2D eigenvalue weighted by Crippen LogP contribution is 2.31. The lowest BCUT2D eigenvalue weighted by atomic mass is 9.94. The van der Waals surface area contributed by atoms with Crippen molar-refractivity contribution < 1.29 is 0 Å². The Kier molecular flexibility index (Phi) is 4.76. The molecule has 0 unspecified atom stereocenters. The highest BCUT2D eigenvalue weighted by molar-refractivity contribution is 5.99. The number of benzene rings is 4. The molecule has 0 aliphatic rings. The van der Waals surface area contributed by atoms with Gasteiger partial charge >= 0.3 is 0 Å². The second kappa shape index (κ2) is 7.51. The molecule has 4 aromatic rings. The lowest BCUT2D eigenvalue weighted by Gasteiger charge is -2.11. The third-order valence-electron chi connectivity index (χ3n) is 5.04. The summed E-state index contributed by atoms with van der Waals surface area (Å²) in [6.07, 6.45) is 2.93. The molecule has 0 saturated heterocycles. The van der Waals surface area contributed by atoms with Crippen molar-refractivity contribution in [2.75, 3.05) is 0 Å². The Morgan fingerprint density at radius 3 is 2.22 bits per heavy atom. The average Bonchev–Trinajstić information content (AvgIpc) is 2.73. The van der Waals surface area contributed by atoms with Gasteiger partial charge in [-0.2, -0.15) is 0 Å². The van der Waals surface area contributed by atoms with E-state index >= 15 is 0 Å². The van der Waals surface area contributed by atoms with E-state index in [2.05, 4.69) is 97.9 Å². The zero-order chi connectivity index (χ0) is 18.6. The van der Waals surface area contributed by atoms with Crippen molar-refractivity contribution in [3.8, 4) is 11.1 Å². The maximum absolute atomic E-state index is 6.31. The minimum Gasteiger partial charge on any atom is -0.398 e. The molecule has 0 saturated carbocycles. The summed E-state index contributed by atoms with van der Waals surface area (Å²) in [7, 11) is 0. The molecule has 27 heavy (non-hydrogen) atoms. The van der Waals surface area contributed by atoms with E-state index in [9.17, 15) is 0 Å². The van der Waals surface area contributed by atoms with E-state index in [-0.39, 0.29) is 0 Å². The van der Waals surface area contributed by atoms with E-state index in [0.29, 0.717) is 0 Å². The van der Waals surface area contributed by atoms with E-state index in [4.69, 9.17) is 5.73 Å². The molecular weight excluding hydrogens is 326 g/mol. The predicted molar refractivity (Wildman–Crippen MR) is 116 cm³/mol. The standard InChI is InChI=1S/C26H23N/c1-19-7-5-10-23-11-6-12-24(26(19)23)21-14-16-22(17-15-21)25(27)18-13-20-8-3-2-4-9-20/h2-12,14-18H,13,27H2,1H3/b25-18-. The lowest BCUT2D eigenvalue weighted by Crippen LogP contribution is -1.97. The fourth-order valence-electron chi connectivity index (χ4n) is 3.57. The molecule has 0 heterocycles. The molecule has 0 atom stereocenters. The van der Waals surface area contributed by atoms with Crippen molar-refractivity contribution >= 4 is 16.5 Å². The smallest absolute Gasteiger partial charge is 0.0350 e. The van der Waals surface area contributed by atoms with Crippen LogP contribution in [0.25, 0.3) is 27.6 Å². The fourth-order valence-corrected chi connectivity index (χ4v) is 3.57. The quantitative estimate of drug-likeness (QED) is 0.456. The van der Waals surface area contributed by atoms with Crippen LogP contribution in [0.1, 0.15) is 16.7 Å². The third-order valence-corrected chi connectivity index (χ3v) is 5.04. The van der Waals surface area contributed by atoms with Crippen LogP contribution < -0.4 is 5.73 Å². The van der Waals surface area contributed by atoms with E-state index in [0.717, 1.165) is 17.7 Å². The number of nitrogens with two attached hydrogens (primary N) is 1. The maximum atomic E-state index is 6.31. The molecule has 0 radical (unpaired) electrons. The van der Waals surface area contributed by atoms with Gasteiger partial charge in [-0.15, -0.1) is 0 Å². The van der Waals surface area contributed by atoms with Crippen LogP contribution in [0.5, 0.6) is 0 Å². The summed E-state index contributed by atoms with van der Waals surface area (Å²) in [5.74, 6) is 0. The summed E-state index contributed by atoms with van der Waals surface area (Å²) < 4.78 is 0. The van der Waals surface area contributed by atoms with Crippen LogP contribution in [-0.4, -0.2) is 0 Å². The van der Waals surface area contributed by atoms with Crippen LogP contribution in [0.15, 0.2) is 97.1 Å². The molecule has 132 valence electrons. The summed E-state index contributed by atoms with van der Waals surface area (Å²) in [4.78, 5) is 0. The van der Waals surface area contributed by atoms with Gasteiger partial charge in [0.05, 0.1) is 0 Å². The number of aryl methyl sites for hydroxylation is 1. The van der Waals surface area contributed by atoms with E-state index in [1.165, 1.54) is 33.0 Å². The second-order valence-electron chi connectivity index (χ2n) is 6.91. The van der Waals surface area contributed by atoms with Crippen molar-refractivity contribution in [3.05, 3.63) is 114 Å². The molecule has 4 rings (SSSR count). The minimum absolute atomic E-state index is 0.819. The molecule has 2 N–H and O–H groups in total. The molecule has 0 fully saturated rings. The van der Waals surface area contributed by atoms with Gasteiger partial charge in [0.1, 0.15) is 0 Å². The van der Waals surface area contributed by atoms with Gasteiger partial charge in [0.2, 0.25) is 0 Å². The van der Waals surface area contributed by atoms with Crippen molar-refractivity contribution in [2.24, 2.45) is 5.73 Å². The van der Waals surface area contributed by atoms with Gasteiger partial charge < -0.3 is 5.73 Å². The fraction of sp³-hybridized carbons (Fsp3) is 0.0769. The highest BCUT2D eigenvalue weighted by atomic mass is 14.6. The van der Waals surface area contributed by atoms with Gasteiger partial charge in [-0.3, -0.25) is 0 Å². The zero-order valence-corrected chi connectivity index (χ0v) is 15.5. The molecule has 0 bridgehead atoms. The summed E-state index contributed by atoms with van der Waals surface area (Å²) in [5, 5.41) is 2.60. The number of hydrogen-bond acceptors (Lipinski definition) is 1. The van der Waals surface area contributed by atoms with Crippen molar-refractivity contribution in [2.45, 2.75) is 13.3 Å². The Morgan fingerprint density at radius 2 is 1.48 bits per heavy atom. The van der Waals surface area contributed by atoms with Gasteiger partial charge in [-0.1, -0.05) is 97.1 Å². The summed E-state index contributed by atoms with van der Waals surface area (Å²) in [6.45, 7) is 2.17. The monoisotopic (exact) mass is 349 g/mol. The number of hydrogen-bond donors (Lipinski definition) is 1. The highest BCUT2D eigenvalue weighted by Gasteiger charge is 2.06. The lowest BCUT2D eigenvalue weighted by molar-refractivity contribution is 1.26. The maximum Gasteiger partial charge on any atom is 0.0350 e. The van der Waals surface area contributed by atoms with Gasteiger partial charge in [-0.05, 0) is 51.9 Å². The van der Waals surface area contributed by atoms with Crippen LogP contribution in [-0.2, 0) is 6.42 Å². The number of fused-ring (bicyclic) bond motifs is 1. The first kappa shape index (κ1) is 17.1. The molecule has 1 heteroatoms. The van der Waals surface area contributed by atoms with E-state index in [1.54, 1.807) is 0 Å². The SMILES string of the molecule is Cc1cccc2cccc(-c3ccc(/C(N)=C/Cc4ccccc4)cc3)c12. The average molecular weight is 349 g/mol. The van der Waals surface area contributed by atoms with Crippen LogP contribution >= 0.6 is 0 Å². The Morgan fingerprint density at radius 1 is 0.778 bits per heavy atom. The van der Waals surface area contributed by atoms with Gasteiger partial charge in [0, 0.05) is 5.70 Å². The molecular formula is C26H23N. The van der Waals surface area contributed by atoms with Crippen LogP contribution in [0, 0.1) is 6.92 Å². The van der Waals surface area contributed by atoms with Crippen LogP contribution in [0.2, 0.25) is 0 Å². The zero-order valence-electron chi connectivity index (χ0n) is 15.5. The second-order valence-corrected chi connectivity index (χ2v) is 6.91. The van der Waals surface area contributed by atoms with E-state index in [1.807, 2.05) is 6.07 Å². The largest absolute Gasteiger partial charge is 0.398 e. The molecule has 0 aliphatic carbocycles. The molecule has 4 aromatic carbocycles. The Bertz CT molecular complexity index is 1080. The summed E-state index contributed by atoms with van der Waals surface area (Å²) in [6, 6.07) is 31.9. The normalized spacial score (nSPS) is 11.7.